The third-order valence-electron chi connectivity index (χ3n) is 7.04. The van der Waals surface area contributed by atoms with Gasteiger partial charge in [0.25, 0.3) is 11.8 Å². The van der Waals surface area contributed by atoms with Gasteiger partial charge in [0.2, 0.25) is 16.0 Å². The molecule has 0 saturated heterocycles. The van der Waals surface area contributed by atoms with Gasteiger partial charge < -0.3 is 13.9 Å². The van der Waals surface area contributed by atoms with E-state index in [9.17, 15) is 18.0 Å². The first-order valence-electron chi connectivity index (χ1n) is 13.9. The first kappa shape index (κ1) is 29.9. The third kappa shape index (κ3) is 6.41. The number of sulfonamides is 1. The minimum Gasteiger partial charge on any atom is -0.440 e. The van der Waals surface area contributed by atoms with Gasteiger partial charge in [0.1, 0.15) is 0 Å². The molecule has 6 rings (SSSR count). The Balaban J connectivity index is 1.29. The van der Waals surface area contributed by atoms with Crippen LogP contribution in [0.4, 0.5) is 11.6 Å². The highest BCUT2D eigenvalue weighted by molar-refractivity contribution is 7.89. The lowest BCUT2D eigenvalue weighted by Crippen LogP contribution is -2.28. The monoisotopic (exact) mass is 640 g/mol. The molecule has 0 spiro atoms. The van der Waals surface area contributed by atoms with Gasteiger partial charge in [-0.25, -0.2) is 23.1 Å². The Bertz CT molecular complexity index is 2100. The standard InChI is InChI=1S/C32H28N6O5S2/c1-21-33-20-27(43-21)28-15-16-29(44-28)30(39)36-32-35-25-19-23(37(2)31(40)22-9-5-3-6-10-22)13-14-26(25)38(32)18-17-34-45(41,42)24-11-7-4-8-12-24/h3-16,19-20,34H,17-18H2,1-2H3,(H,35,36,39). The topological polar surface area (TPSA) is 139 Å². The van der Waals surface area contributed by atoms with Crippen LogP contribution in [-0.4, -0.2) is 48.4 Å². The molecule has 0 aliphatic heterocycles. The molecule has 228 valence electrons. The van der Waals surface area contributed by atoms with E-state index in [2.05, 4.69) is 20.0 Å². The number of aryl methyl sites for hydroxylation is 1. The minimum atomic E-state index is -3.75. The summed E-state index contributed by atoms with van der Waals surface area (Å²) < 4.78 is 35.6. The Labute approximate surface area is 263 Å². The van der Waals surface area contributed by atoms with Crippen molar-refractivity contribution in [2.45, 2.75) is 18.4 Å². The van der Waals surface area contributed by atoms with E-state index in [0.717, 1.165) is 4.88 Å². The number of aromatic nitrogens is 3. The number of hydrogen-bond acceptors (Lipinski definition) is 8. The fraction of sp³-hybridized carbons (Fsp3) is 0.125. The van der Waals surface area contributed by atoms with Crippen molar-refractivity contribution in [3.05, 3.63) is 114 Å². The number of carbonyl (C=O) groups is 2. The van der Waals surface area contributed by atoms with Crippen LogP contribution in [0.2, 0.25) is 0 Å². The van der Waals surface area contributed by atoms with Crippen molar-refractivity contribution in [1.82, 2.24) is 19.3 Å². The molecular weight excluding hydrogens is 613 g/mol. The molecule has 45 heavy (non-hydrogen) atoms. The SMILES string of the molecule is Cc1ncc(-c2ccc(C(=O)Nc3nc4cc(N(C)C(=O)c5ccccc5)ccc4n3CCNS(=O)(=O)c3ccccc3)s2)o1. The van der Waals surface area contributed by atoms with Crippen molar-refractivity contribution < 1.29 is 22.4 Å². The number of nitrogens with zero attached hydrogens (tertiary/aromatic N) is 4. The van der Waals surface area contributed by atoms with E-state index in [1.807, 2.05) is 6.07 Å². The second kappa shape index (κ2) is 12.5. The summed E-state index contributed by atoms with van der Waals surface area (Å²) in [5.74, 6) is 0.746. The molecule has 2 amide bonds. The van der Waals surface area contributed by atoms with Gasteiger partial charge in [-0.15, -0.1) is 11.3 Å². The lowest BCUT2D eigenvalue weighted by molar-refractivity contribution is 0.0991. The molecule has 0 unspecified atom stereocenters. The maximum absolute atomic E-state index is 13.4. The van der Waals surface area contributed by atoms with Gasteiger partial charge in [-0.2, -0.15) is 0 Å². The van der Waals surface area contributed by atoms with Crippen LogP contribution >= 0.6 is 11.3 Å². The predicted molar refractivity (Wildman–Crippen MR) is 173 cm³/mol. The van der Waals surface area contributed by atoms with Crippen molar-refractivity contribution in [3.63, 3.8) is 0 Å². The van der Waals surface area contributed by atoms with Crippen molar-refractivity contribution >= 4 is 55.8 Å². The summed E-state index contributed by atoms with van der Waals surface area (Å²) in [6.45, 7) is 1.95. The van der Waals surface area contributed by atoms with Crippen LogP contribution < -0.4 is 14.9 Å². The molecule has 6 aromatic rings. The molecule has 0 radical (unpaired) electrons. The van der Waals surface area contributed by atoms with E-state index in [-0.39, 0.29) is 35.7 Å². The minimum absolute atomic E-state index is 0.0354. The predicted octanol–water partition coefficient (Wildman–Crippen LogP) is 5.57. The zero-order valence-electron chi connectivity index (χ0n) is 24.3. The Morgan fingerprint density at radius 3 is 2.42 bits per heavy atom. The van der Waals surface area contributed by atoms with Gasteiger partial charge in [-0.1, -0.05) is 36.4 Å². The lowest BCUT2D eigenvalue weighted by Gasteiger charge is -2.17. The molecule has 3 aromatic carbocycles. The highest BCUT2D eigenvalue weighted by atomic mass is 32.2. The van der Waals surface area contributed by atoms with Gasteiger partial charge in [0.05, 0.1) is 31.9 Å². The first-order valence-corrected chi connectivity index (χ1v) is 16.2. The highest BCUT2D eigenvalue weighted by Crippen LogP contribution is 2.30. The van der Waals surface area contributed by atoms with E-state index in [0.29, 0.717) is 38.8 Å². The zero-order valence-corrected chi connectivity index (χ0v) is 25.9. The van der Waals surface area contributed by atoms with Crippen LogP contribution in [0, 0.1) is 6.92 Å². The van der Waals surface area contributed by atoms with Crippen molar-refractivity contribution in [1.29, 1.82) is 0 Å². The summed E-state index contributed by atoms with van der Waals surface area (Å²) in [4.78, 5) is 38.1. The highest BCUT2D eigenvalue weighted by Gasteiger charge is 2.20. The molecule has 13 heteroatoms. The number of imidazole rings is 1. The molecule has 0 atom stereocenters. The fourth-order valence-electron chi connectivity index (χ4n) is 4.75. The van der Waals surface area contributed by atoms with Crippen molar-refractivity contribution in [3.8, 4) is 10.6 Å². The fourth-order valence-corrected chi connectivity index (χ4v) is 6.64. The first-order chi connectivity index (χ1) is 21.7. The number of rotatable bonds is 10. The number of amides is 2. The number of anilines is 2. The number of hydrogen-bond donors (Lipinski definition) is 2. The molecule has 2 N–H and O–H groups in total. The zero-order chi connectivity index (χ0) is 31.6. The Morgan fingerprint density at radius 2 is 1.71 bits per heavy atom. The Kier molecular flexibility index (Phi) is 8.30. The van der Waals surface area contributed by atoms with Crippen LogP contribution in [0.1, 0.15) is 25.9 Å². The quantitative estimate of drug-likeness (QED) is 0.200. The number of nitrogens with one attached hydrogen (secondary N) is 2. The van der Waals surface area contributed by atoms with Crippen LogP contribution in [0.5, 0.6) is 0 Å². The number of thiophene rings is 1. The van der Waals surface area contributed by atoms with Gasteiger partial charge in [0.15, 0.2) is 11.7 Å². The third-order valence-corrected chi connectivity index (χ3v) is 9.62. The molecular formula is C32H28N6O5S2. The van der Waals surface area contributed by atoms with Crippen molar-refractivity contribution in [2.24, 2.45) is 0 Å². The normalized spacial score (nSPS) is 11.5. The van der Waals surface area contributed by atoms with Gasteiger partial charge in [-0.05, 0) is 54.6 Å². The second-order valence-corrected chi connectivity index (χ2v) is 12.9. The maximum atomic E-state index is 13.4. The summed E-state index contributed by atoms with van der Waals surface area (Å²) in [6.07, 6.45) is 1.61. The van der Waals surface area contributed by atoms with Crippen LogP contribution in [0.25, 0.3) is 21.7 Å². The van der Waals surface area contributed by atoms with Gasteiger partial charge in [-0.3, -0.25) is 14.9 Å². The molecule has 0 aliphatic carbocycles. The van der Waals surface area contributed by atoms with Crippen molar-refractivity contribution in [2.75, 3.05) is 23.8 Å². The van der Waals surface area contributed by atoms with E-state index in [1.54, 1.807) is 97.5 Å². The maximum Gasteiger partial charge on any atom is 0.268 e. The molecule has 0 saturated carbocycles. The number of oxazole rings is 1. The molecule has 0 aliphatic rings. The van der Waals surface area contributed by atoms with E-state index in [1.165, 1.54) is 28.4 Å². The van der Waals surface area contributed by atoms with Crippen LogP contribution in [0.3, 0.4) is 0 Å². The summed E-state index contributed by atoms with van der Waals surface area (Å²) in [7, 11) is -2.07. The number of fused-ring (bicyclic) bond motifs is 1. The Morgan fingerprint density at radius 1 is 0.978 bits per heavy atom. The Hall–Kier alpha value is -5.11. The van der Waals surface area contributed by atoms with Crippen LogP contribution in [-0.2, 0) is 16.6 Å². The summed E-state index contributed by atoms with van der Waals surface area (Å²) in [5.41, 5.74) is 2.32. The average molecular weight is 641 g/mol. The van der Waals surface area contributed by atoms with E-state index in [4.69, 9.17) is 4.42 Å². The van der Waals surface area contributed by atoms with Gasteiger partial charge in [0, 0.05) is 38.3 Å². The van der Waals surface area contributed by atoms with E-state index < -0.39 is 10.0 Å². The average Bonchev–Trinajstić information content (AvgIpc) is 3.80. The summed E-state index contributed by atoms with van der Waals surface area (Å²) in [5, 5.41) is 2.88. The molecule has 11 nitrogen and oxygen atoms in total. The molecule has 3 heterocycles. The van der Waals surface area contributed by atoms with E-state index >= 15 is 0 Å². The lowest BCUT2D eigenvalue weighted by atomic mass is 10.2. The van der Waals surface area contributed by atoms with Gasteiger partial charge >= 0.3 is 0 Å². The molecule has 3 aromatic heterocycles. The molecule has 0 fully saturated rings. The second-order valence-electron chi connectivity index (χ2n) is 10.1. The summed E-state index contributed by atoms with van der Waals surface area (Å²) in [6, 6.07) is 25.8. The molecule has 0 bridgehead atoms. The summed E-state index contributed by atoms with van der Waals surface area (Å²) >= 11 is 1.25. The largest absolute Gasteiger partial charge is 0.440 e. The number of carbonyl (C=O) groups excluding carboxylic acids is 2. The number of benzene rings is 3. The smallest absolute Gasteiger partial charge is 0.268 e. The van der Waals surface area contributed by atoms with Crippen LogP contribution in [0.15, 0.2) is 107 Å².